The number of aromatic nitrogens is 3. The fraction of sp³-hybridized carbons (Fsp3) is 0.353. The number of carbonyl (C=O) groups is 2. The first-order valence-electron chi connectivity index (χ1n) is 15.0. The van der Waals surface area contributed by atoms with Crippen molar-refractivity contribution in [1.29, 1.82) is 0 Å². The van der Waals surface area contributed by atoms with Crippen LogP contribution in [0.4, 0.5) is 14.6 Å². The molecule has 3 atom stereocenters. The lowest BCUT2D eigenvalue weighted by atomic mass is 9.87. The van der Waals surface area contributed by atoms with Crippen molar-refractivity contribution in [3.63, 3.8) is 0 Å². The lowest BCUT2D eigenvalue weighted by molar-refractivity contribution is -0.138. The minimum Gasteiger partial charge on any atom is -0.340 e. The summed E-state index contributed by atoms with van der Waals surface area (Å²) < 4.78 is 30.0. The van der Waals surface area contributed by atoms with E-state index in [2.05, 4.69) is 20.6 Å². The number of fused-ring (bicyclic) bond motifs is 1. The molecule has 6 rings (SSSR count). The Labute approximate surface area is 255 Å². The Morgan fingerprint density at radius 2 is 1.82 bits per heavy atom. The number of amides is 2. The lowest BCUT2D eigenvalue weighted by Crippen LogP contribution is -2.45. The van der Waals surface area contributed by atoms with E-state index in [-0.39, 0.29) is 23.8 Å². The molecule has 228 valence electrons. The molecular formula is C34H36F2N6O2. The number of hydrogen-bond acceptors (Lipinski definition) is 5. The van der Waals surface area contributed by atoms with Crippen molar-refractivity contribution in [1.82, 2.24) is 24.8 Å². The van der Waals surface area contributed by atoms with E-state index >= 15 is 0 Å². The van der Waals surface area contributed by atoms with Gasteiger partial charge in [0.1, 0.15) is 23.2 Å². The second-order valence-corrected chi connectivity index (χ2v) is 12.2. The molecule has 2 amide bonds. The first-order chi connectivity index (χ1) is 21.2. The van der Waals surface area contributed by atoms with E-state index in [0.29, 0.717) is 49.3 Å². The van der Waals surface area contributed by atoms with Gasteiger partial charge in [0.25, 0.3) is 0 Å². The van der Waals surface area contributed by atoms with E-state index in [1.165, 1.54) is 11.6 Å². The maximum absolute atomic E-state index is 14.6. The van der Waals surface area contributed by atoms with E-state index in [1.807, 2.05) is 61.2 Å². The van der Waals surface area contributed by atoms with Crippen LogP contribution in [0.15, 0.2) is 79.5 Å². The fourth-order valence-corrected chi connectivity index (χ4v) is 6.37. The van der Waals surface area contributed by atoms with Gasteiger partial charge in [-0.2, -0.15) is 0 Å². The second-order valence-electron chi connectivity index (χ2n) is 12.2. The Bertz CT molecular complexity index is 1640. The van der Waals surface area contributed by atoms with E-state index in [0.717, 1.165) is 18.1 Å². The van der Waals surface area contributed by atoms with Crippen LogP contribution in [-0.4, -0.2) is 50.4 Å². The summed E-state index contributed by atoms with van der Waals surface area (Å²) in [6.07, 6.45) is 9.18. The Kier molecular flexibility index (Phi) is 8.27. The zero-order valence-corrected chi connectivity index (χ0v) is 24.8. The molecule has 0 saturated carbocycles. The maximum atomic E-state index is 14.6. The summed E-state index contributed by atoms with van der Waals surface area (Å²) in [5, 5.41) is 6.32. The summed E-state index contributed by atoms with van der Waals surface area (Å²) in [7, 11) is 0. The largest absolute Gasteiger partial charge is 0.340 e. The van der Waals surface area contributed by atoms with Gasteiger partial charge in [0.05, 0.1) is 6.33 Å². The van der Waals surface area contributed by atoms with Gasteiger partial charge in [-0.25, -0.2) is 13.8 Å². The molecular weight excluding hydrogens is 562 g/mol. The average Bonchev–Trinajstić information content (AvgIpc) is 3.71. The van der Waals surface area contributed by atoms with Gasteiger partial charge in [-0.05, 0) is 80.0 Å². The number of nitrogens with zero attached hydrogens (tertiary/aromatic N) is 4. The molecule has 3 heterocycles. The summed E-state index contributed by atoms with van der Waals surface area (Å²) in [5.74, 6) is -0.878. The number of benzene rings is 2. The summed E-state index contributed by atoms with van der Waals surface area (Å²) in [6.45, 7) is 5.01. The molecule has 0 bridgehead atoms. The highest BCUT2D eigenvalue weighted by atomic mass is 19.1. The molecule has 1 saturated heterocycles. The Balaban J connectivity index is 1.14. The van der Waals surface area contributed by atoms with Crippen molar-refractivity contribution in [3.8, 4) is 0 Å². The highest BCUT2D eigenvalue weighted by Gasteiger charge is 2.38. The monoisotopic (exact) mass is 598 g/mol. The molecule has 10 heteroatoms. The Morgan fingerprint density at radius 3 is 2.59 bits per heavy atom. The molecule has 2 N–H and O–H groups in total. The fourth-order valence-electron chi connectivity index (χ4n) is 6.37. The molecule has 1 aliphatic heterocycles. The molecule has 0 radical (unpaired) electrons. The van der Waals surface area contributed by atoms with E-state index in [9.17, 15) is 18.4 Å². The molecule has 2 aromatic carbocycles. The zero-order valence-electron chi connectivity index (χ0n) is 24.8. The SMILES string of the molecule is CC(C)(C(=O)N1CCC(c2ccncc2)C1)n1cnc(NC(=O)[C@@H](NC2CCc3cc(F)cc(F)c3C2)c2ccccc2)c1. The number of imidazole rings is 1. The Hall–Kier alpha value is -4.44. The van der Waals surface area contributed by atoms with Crippen molar-refractivity contribution in [3.05, 3.63) is 113 Å². The number of pyridine rings is 1. The minimum absolute atomic E-state index is 0.0159. The van der Waals surface area contributed by atoms with Crippen molar-refractivity contribution in [2.45, 2.75) is 63.1 Å². The van der Waals surface area contributed by atoms with Crippen molar-refractivity contribution in [2.75, 3.05) is 18.4 Å². The predicted octanol–water partition coefficient (Wildman–Crippen LogP) is 5.13. The first kappa shape index (κ1) is 29.6. The summed E-state index contributed by atoms with van der Waals surface area (Å²) in [6, 6.07) is 14.7. The molecule has 2 aliphatic rings. The molecule has 8 nitrogen and oxygen atoms in total. The van der Waals surface area contributed by atoms with E-state index in [1.54, 1.807) is 29.5 Å². The van der Waals surface area contributed by atoms with E-state index in [4.69, 9.17) is 0 Å². The van der Waals surface area contributed by atoms with Crippen molar-refractivity contribution in [2.24, 2.45) is 0 Å². The molecule has 4 aromatic rings. The predicted molar refractivity (Wildman–Crippen MR) is 163 cm³/mol. The molecule has 2 unspecified atom stereocenters. The quantitative estimate of drug-likeness (QED) is 0.293. The highest BCUT2D eigenvalue weighted by molar-refractivity contribution is 5.95. The molecule has 1 fully saturated rings. The third-order valence-electron chi connectivity index (χ3n) is 8.92. The second kappa shape index (κ2) is 12.3. The molecule has 44 heavy (non-hydrogen) atoms. The number of hydrogen-bond donors (Lipinski definition) is 2. The molecule has 1 aliphatic carbocycles. The number of aryl methyl sites for hydroxylation is 1. The van der Waals surface area contributed by atoms with Gasteiger partial charge in [-0.15, -0.1) is 0 Å². The van der Waals surface area contributed by atoms with Crippen LogP contribution in [0, 0.1) is 11.6 Å². The van der Waals surface area contributed by atoms with Gasteiger partial charge in [0.2, 0.25) is 11.8 Å². The van der Waals surface area contributed by atoms with Crippen LogP contribution in [0.3, 0.4) is 0 Å². The lowest BCUT2D eigenvalue weighted by Gasteiger charge is -2.30. The summed E-state index contributed by atoms with van der Waals surface area (Å²) in [5.41, 5.74) is 2.17. The van der Waals surface area contributed by atoms with Gasteiger partial charge in [-0.1, -0.05) is 30.3 Å². The van der Waals surface area contributed by atoms with Crippen LogP contribution in [0.5, 0.6) is 0 Å². The number of rotatable bonds is 8. The topological polar surface area (TPSA) is 92.2 Å². The van der Waals surface area contributed by atoms with Crippen LogP contribution in [-0.2, 0) is 28.0 Å². The first-order valence-corrected chi connectivity index (χ1v) is 15.0. The summed E-state index contributed by atoms with van der Waals surface area (Å²) in [4.78, 5) is 37.7. The zero-order chi connectivity index (χ0) is 30.8. The third kappa shape index (κ3) is 6.12. The minimum atomic E-state index is -0.917. The van der Waals surface area contributed by atoms with Crippen LogP contribution >= 0.6 is 0 Å². The van der Waals surface area contributed by atoms with Gasteiger partial charge < -0.3 is 14.8 Å². The maximum Gasteiger partial charge on any atom is 0.248 e. The molecule has 2 aromatic heterocycles. The number of halogens is 2. The molecule has 0 spiro atoms. The van der Waals surface area contributed by atoms with Crippen LogP contribution in [0.2, 0.25) is 0 Å². The third-order valence-corrected chi connectivity index (χ3v) is 8.92. The van der Waals surface area contributed by atoms with Crippen LogP contribution in [0.1, 0.15) is 60.9 Å². The van der Waals surface area contributed by atoms with Gasteiger partial charge in [0, 0.05) is 49.7 Å². The van der Waals surface area contributed by atoms with Gasteiger partial charge in [0.15, 0.2) is 5.82 Å². The average molecular weight is 599 g/mol. The highest BCUT2D eigenvalue weighted by Crippen LogP contribution is 2.31. The number of likely N-dealkylation sites (tertiary alicyclic amines) is 1. The van der Waals surface area contributed by atoms with Gasteiger partial charge in [-0.3, -0.25) is 19.9 Å². The number of nitrogens with one attached hydrogen (secondary N) is 2. The smallest absolute Gasteiger partial charge is 0.248 e. The van der Waals surface area contributed by atoms with Gasteiger partial charge >= 0.3 is 0 Å². The standard InChI is InChI=1S/C34H36F2N6O2/c1-34(2,33(44)41-15-12-25(19-41)22-10-13-37-14-11-22)42-20-30(38-21-42)40-32(43)31(23-6-4-3-5-7-23)39-27-9-8-24-16-26(35)17-29(36)28(24)18-27/h3-7,10-11,13-14,16-17,20-21,25,27,31,39H,8-9,12,15,18-19H2,1-2H3,(H,40,43)/t25?,27?,31-/m0/s1. The Morgan fingerprint density at radius 1 is 1.05 bits per heavy atom. The normalized spacial score (nSPS) is 19.0. The number of anilines is 1. The van der Waals surface area contributed by atoms with Crippen LogP contribution in [0.25, 0.3) is 0 Å². The summed E-state index contributed by atoms with van der Waals surface area (Å²) >= 11 is 0. The van der Waals surface area contributed by atoms with E-state index < -0.39 is 23.2 Å². The van der Waals surface area contributed by atoms with Crippen LogP contribution < -0.4 is 10.6 Å². The number of carbonyl (C=O) groups excluding carboxylic acids is 2. The van der Waals surface area contributed by atoms with Crippen molar-refractivity contribution >= 4 is 17.6 Å². The van der Waals surface area contributed by atoms with Crippen molar-refractivity contribution < 1.29 is 18.4 Å².